The summed E-state index contributed by atoms with van der Waals surface area (Å²) in [6.45, 7) is 1.10. The first-order valence-corrected chi connectivity index (χ1v) is 8.92. The average Bonchev–Trinajstić information content (AvgIpc) is 3.00. The van der Waals surface area contributed by atoms with Crippen molar-refractivity contribution in [2.75, 3.05) is 32.1 Å². The number of fused-ring (bicyclic) bond motifs is 1. The molecular formula is C18H17ClFN3OS. The number of aromatic nitrogens is 1. The number of hydrogen-bond acceptors (Lipinski definition) is 4. The smallest absolute Gasteiger partial charge is 0.260 e. The third-order valence-electron chi connectivity index (χ3n) is 3.68. The number of carbonyl (C=O) groups excluding carboxylic acids is 1. The van der Waals surface area contributed by atoms with Crippen molar-refractivity contribution in [3.63, 3.8) is 0 Å². The maximum absolute atomic E-state index is 13.5. The van der Waals surface area contributed by atoms with Gasteiger partial charge in [-0.1, -0.05) is 35.1 Å². The predicted octanol–water partition coefficient (Wildman–Crippen LogP) is 4.30. The second-order valence-corrected chi connectivity index (χ2v) is 7.27. The summed E-state index contributed by atoms with van der Waals surface area (Å²) < 4.78 is 14.4. The van der Waals surface area contributed by atoms with E-state index >= 15 is 0 Å². The van der Waals surface area contributed by atoms with E-state index in [1.807, 2.05) is 31.1 Å². The lowest BCUT2D eigenvalue weighted by Gasteiger charge is -2.22. The second-order valence-electron chi connectivity index (χ2n) is 5.85. The highest BCUT2D eigenvalue weighted by Crippen LogP contribution is 2.33. The van der Waals surface area contributed by atoms with Crippen LogP contribution in [0.3, 0.4) is 0 Å². The number of para-hydroxylation sites is 1. The molecule has 0 aliphatic rings. The molecular weight excluding hydrogens is 361 g/mol. The van der Waals surface area contributed by atoms with Crippen LogP contribution in [0.4, 0.5) is 9.52 Å². The molecule has 0 saturated carbocycles. The number of likely N-dealkylation sites (N-methyl/N-ethyl adjacent to an activating group) is 1. The first kappa shape index (κ1) is 17.8. The SMILES string of the molecule is CN(C)CCN(C(=O)c1cccc(F)c1)c1nc2c(Cl)cccc2s1. The van der Waals surface area contributed by atoms with E-state index in [2.05, 4.69) is 4.98 Å². The van der Waals surface area contributed by atoms with Crippen molar-refractivity contribution >= 4 is 44.2 Å². The van der Waals surface area contributed by atoms with Gasteiger partial charge in [0.15, 0.2) is 5.13 Å². The molecule has 1 heterocycles. The number of rotatable bonds is 5. The molecule has 0 bridgehead atoms. The van der Waals surface area contributed by atoms with Crippen LogP contribution in [-0.4, -0.2) is 43.0 Å². The van der Waals surface area contributed by atoms with Gasteiger partial charge in [-0.3, -0.25) is 9.69 Å². The van der Waals surface area contributed by atoms with Gasteiger partial charge in [0.1, 0.15) is 11.3 Å². The van der Waals surface area contributed by atoms with Crippen LogP contribution >= 0.6 is 22.9 Å². The van der Waals surface area contributed by atoms with E-state index in [1.54, 1.807) is 17.0 Å². The third-order valence-corrected chi connectivity index (χ3v) is 5.03. The number of benzene rings is 2. The first-order valence-electron chi connectivity index (χ1n) is 7.73. The number of hydrogen-bond donors (Lipinski definition) is 0. The second kappa shape index (κ2) is 7.47. The van der Waals surface area contributed by atoms with Crippen molar-refractivity contribution in [2.24, 2.45) is 0 Å². The van der Waals surface area contributed by atoms with E-state index < -0.39 is 5.82 Å². The summed E-state index contributed by atoms with van der Waals surface area (Å²) in [6.07, 6.45) is 0. The molecule has 0 aliphatic carbocycles. The maximum atomic E-state index is 13.5. The lowest BCUT2D eigenvalue weighted by molar-refractivity contribution is 0.0985. The van der Waals surface area contributed by atoms with E-state index in [-0.39, 0.29) is 5.91 Å². The monoisotopic (exact) mass is 377 g/mol. The molecule has 4 nitrogen and oxygen atoms in total. The average molecular weight is 378 g/mol. The van der Waals surface area contributed by atoms with E-state index in [1.165, 1.54) is 29.5 Å². The van der Waals surface area contributed by atoms with Crippen molar-refractivity contribution in [1.82, 2.24) is 9.88 Å². The van der Waals surface area contributed by atoms with E-state index in [0.717, 1.165) is 4.70 Å². The highest BCUT2D eigenvalue weighted by molar-refractivity contribution is 7.22. The summed E-state index contributed by atoms with van der Waals surface area (Å²) >= 11 is 7.60. The highest BCUT2D eigenvalue weighted by atomic mass is 35.5. The van der Waals surface area contributed by atoms with Crippen molar-refractivity contribution < 1.29 is 9.18 Å². The largest absolute Gasteiger partial charge is 0.308 e. The Labute approximate surface area is 154 Å². The van der Waals surface area contributed by atoms with Gasteiger partial charge in [-0.05, 0) is 44.4 Å². The minimum atomic E-state index is -0.439. The predicted molar refractivity (Wildman–Crippen MR) is 101 cm³/mol. The quantitative estimate of drug-likeness (QED) is 0.665. The molecule has 130 valence electrons. The molecule has 0 aliphatic heterocycles. The number of carbonyl (C=O) groups is 1. The standard InChI is InChI=1S/C18H17ClFN3OS/c1-22(2)9-10-23(17(24)12-5-3-6-13(20)11-12)18-21-16-14(19)7-4-8-15(16)25-18/h3-8,11H,9-10H2,1-2H3. The molecule has 0 radical (unpaired) electrons. The lowest BCUT2D eigenvalue weighted by atomic mass is 10.2. The Morgan fingerprint density at radius 2 is 1.96 bits per heavy atom. The van der Waals surface area contributed by atoms with Crippen LogP contribution in [-0.2, 0) is 0 Å². The molecule has 25 heavy (non-hydrogen) atoms. The summed E-state index contributed by atoms with van der Waals surface area (Å²) in [4.78, 5) is 21.0. The number of anilines is 1. The van der Waals surface area contributed by atoms with Crippen LogP contribution < -0.4 is 4.90 Å². The molecule has 0 N–H and O–H groups in total. The van der Waals surface area contributed by atoms with Crippen LogP contribution in [0.25, 0.3) is 10.2 Å². The Morgan fingerprint density at radius 1 is 1.20 bits per heavy atom. The molecule has 0 saturated heterocycles. The van der Waals surface area contributed by atoms with Crippen molar-refractivity contribution in [3.8, 4) is 0 Å². The van der Waals surface area contributed by atoms with Crippen LogP contribution in [0.5, 0.6) is 0 Å². The van der Waals surface area contributed by atoms with Gasteiger partial charge in [-0.25, -0.2) is 9.37 Å². The topological polar surface area (TPSA) is 36.4 Å². The number of thiazole rings is 1. The molecule has 2 aromatic carbocycles. The summed E-state index contributed by atoms with van der Waals surface area (Å²) in [5.74, 6) is -0.720. The van der Waals surface area contributed by atoms with Crippen LogP contribution in [0.15, 0.2) is 42.5 Å². The fourth-order valence-corrected chi connectivity index (χ4v) is 3.67. The van der Waals surface area contributed by atoms with E-state index in [0.29, 0.717) is 34.3 Å². The van der Waals surface area contributed by atoms with Gasteiger partial charge < -0.3 is 4.90 Å². The van der Waals surface area contributed by atoms with Crippen LogP contribution in [0, 0.1) is 5.82 Å². The van der Waals surface area contributed by atoms with Crippen molar-refractivity contribution in [2.45, 2.75) is 0 Å². The molecule has 1 aromatic heterocycles. The number of nitrogens with zero attached hydrogens (tertiary/aromatic N) is 3. The number of amides is 1. The minimum absolute atomic E-state index is 0.281. The molecule has 3 aromatic rings. The zero-order valence-electron chi connectivity index (χ0n) is 13.9. The molecule has 0 spiro atoms. The summed E-state index contributed by atoms with van der Waals surface area (Å²) in [6, 6.07) is 11.2. The summed E-state index contributed by atoms with van der Waals surface area (Å²) in [5, 5.41) is 1.10. The fraction of sp³-hybridized carbons (Fsp3) is 0.222. The van der Waals surface area contributed by atoms with Gasteiger partial charge in [0, 0.05) is 18.7 Å². The Kier molecular flexibility index (Phi) is 5.32. The van der Waals surface area contributed by atoms with E-state index in [4.69, 9.17) is 11.6 Å². The fourth-order valence-electron chi connectivity index (χ4n) is 2.38. The van der Waals surface area contributed by atoms with Crippen LogP contribution in [0.1, 0.15) is 10.4 Å². The van der Waals surface area contributed by atoms with Crippen molar-refractivity contribution in [1.29, 1.82) is 0 Å². The number of halogens is 2. The Hall–Kier alpha value is -2.02. The molecule has 1 amide bonds. The van der Waals surface area contributed by atoms with Gasteiger partial charge in [-0.15, -0.1) is 0 Å². The van der Waals surface area contributed by atoms with E-state index in [9.17, 15) is 9.18 Å². The zero-order valence-corrected chi connectivity index (χ0v) is 15.4. The van der Waals surface area contributed by atoms with Gasteiger partial charge in [0.05, 0.1) is 9.72 Å². The van der Waals surface area contributed by atoms with Crippen molar-refractivity contribution in [3.05, 3.63) is 58.9 Å². The Balaban J connectivity index is 2.01. The lowest BCUT2D eigenvalue weighted by Crippen LogP contribution is -2.36. The molecule has 0 fully saturated rings. The van der Waals surface area contributed by atoms with Gasteiger partial charge in [0.2, 0.25) is 0 Å². The first-order chi connectivity index (χ1) is 12.0. The van der Waals surface area contributed by atoms with Gasteiger partial charge in [-0.2, -0.15) is 0 Å². The Bertz CT molecular complexity index is 912. The minimum Gasteiger partial charge on any atom is -0.308 e. The van der Waals surface area contributed by atoms with Gasteiger partial charge in [0.25, 0.3) is 5.91 Å². The molecule has 0 unspecified atom stereocenters. The summed E-state index contributed by atoms with van der Waals surface area (Å²) in [5.41, 5.74) is 0.968. The molecule has 3 rings (SSSR count). The van der Waals surface area contributed by atoms with Gasteiger partial charge >= 0.3 is 0 Å². The highest BCUT2D eigenvalue weighted by Gasteiger charge is 2.22. The van der Waals surface area contributed by atoms with Crippen LogP contribution in [0.2, 0.25) is 5.02 Å². The molecule has 7 heteroatoms. The molecule has 0 atom stereocenters. The zero-order chi connectivity index (χ0) is 18.0. The maximum Gasteiger partial charge on any atom is 0.260 e. The summed E-state index contributed by atoms with van der Waals surface area (Å²) in [7, 11) is 3.86. The normalized spacial score (nSPS) is 11.2. The third kappa shape index (κ3) is 3.98. The Morgan fingerprint density at radius 3 is 2.64 bits per heavy atom.